The molecular weight excluding hydrogens is 294 g/mol. The first-order chi connectivity index (χ1) is 10.8. The number of hydrogen-bond donors (Lipinski definition) is 2. The smallest absolute Gasteiger partial charge is 0.126 e. The van der Waals surface area contributed by atoms with E-state index in [1.54, 1.807) is 0 Å². The first kappa shape index (κ1) is 17.3. The van der Waals surface area contributed by atoms with Gasteiger partial charge in [-0.25, -0.2) is 8.78 Å². The highest BCUT2D eigenvalue weighted by molar-refractivity contribution is 5.58. The van der Waals surface area contributed by atoms with Gasteiger partial charge in [0.2, 0.25) is 0 Å². The van der Waals surface area contributed by atoms with Crippen LogP contribution in [0.15, 0.2) is 36.4 Å². The van der Waals surface area contributed by atoms with E-state index in [0.29, 0.717) is 12.1 Å². The Morgan fingerprint density at radius 1 is 1.04 bits per heavy atom. The summed E-state index contributed by atoms with van der Waals surface area (Å²) in [5.74, 6) is -1.10. The summed E-state index contributed by atoms with van der Waals surface area (Å²) in [5.41, 5.74) is 9.00. The highest BCUT2D eigenvalue weighted by Gasteiger charge is 2.22. The van der Waals surface area contributed by atoms with Crippen LogP contribution in [0.4, 0.5) is 20.2 Å². The molecule has 4 heteroatoms. The van der Waals surface area contributed by atoms with E-state index in [2.05, 4.69) is 12.2 Å². The van der Waals surface area contributed by atoms with Gasteiger partial charge in [-0.05, 0) is 47.9 Å². The lowest BCUT2D eigenvalue weighted by Crippen LogP contribution is -2.28. The normalized spacial score (nSPS) is 11.5. The number of benzene rings is 2. The van der Waals surface area contributed by atoms with Crippen molar-refractivity contribution in [3.05, 3.63) is 59.2 Å². The van der Waals surface area contributed by atoms with Crippen molar-refractivity contribution in [3.8, 4) is 0 Å². The van der Waals surface area contributed by atoms with E-state index in [9.17, 15) is 8.78 Å². The van der Waals surface area contributed by atoms with Gasteiger partial charge in [0.15, 0.2) is 0 Å². The molecule has 2 nitrogen and oxygen atoms in total. The summed E-state index contributed by atoms with van der Waals surface area (Å²) in [6, 6.07) is 9.47. The minimum Gasteiger partial charge on any atom is -0.399 e. The maximum atomic E-state index is 13.5. The SMILES string of the molecule is CCCc1cc(N)ccc1NCC(C)(C)c1cc(F)cc(F)c1. The van der Waals surface area contributed by atoms with E-state index in [1.165, 1.54) is 12.1 Å². The molecule has 0 aliphatic heterocycles. The molecule has 0 unspecified atom stereocenters. The number of nitrogens with two attached hydrogens (primary N) is 1. The summed E-state index contributed by atoms with van der Waals surface area (Å²) in [6.07, 6.45) is 1.96. The molecule has 0 saturated heterocycles. The Hall–Kier alpha value is -2.10. The van der Waals surface area contributed by atoms with E-state index in [0.717, 1.165) is 35.8 Å². The van der Waals surface area contributed by atoms with Crippen LogP contribution in [0.2, 0.25) is 0 Å². The Bertz CT molecular complexity index is 661. The van der Waals surface area contributed by atoms with Crippen molar-refractivity contribution in [2.24, 2.45) is 0 Å². The van der Waals surface area contributed by atoms with Gasteiger partial charge in [0, 0.05) is 29.4 Å². The van der Waals surface area contributed by atoms with Crippen LogP contribution < -0.4 is 11.1 Å². The fraction of sp³-hybridized carbons (Fsp3) is 0.368. The van der Waals surface area contributed by atoms with Gasteiger partial charge in [0.25, 0.3) is 0 Å². The van der Waals surface area contributed by atoms with Crippen LogP contribution >= 0.6 is 0 Å². The summed E-state index contributed by atoms with van der Waals surface area (Å²) in [5, 5.41) is 3.40. The molecule has 0 heterocycles. The third kappa shape index (κ3) is 4.44. The van der Waals surface area contributed by atoms with E-state index in [1.807, 2.05) is 32.0 Å². The van der Waals surface area contributed by atoms with Gasteiger partial charge in [-0.15, -0.1) is 0 Å². The standard InChI is InChI=1S/C19H24F2N2/c1-4-5-13-8-17(22)6-7-18(13)23-12-19(2,3)14-9-15(20)11-16(21)10-14/h6-11,23H,4-5,12,22H2,1-3H3. The minimum atomic E-state index is -0.549. The van der Waals surface area contributed by atoms with Crippen molar-refractivity contribution in [2.75, 3.05) is 17.6 Å². The summed E-state index contributed by atoms with van der Waals surface area (Å²) in [7, 11) is 0. The zero-order chi connectivity index (χ0) is 17.0. The lowest BCUT2D eigenvalue weighted by atomic mass is 9.84. The van der Waals surface area contributed by atoms with Crippen LogP contribution in [-0.2, 0) is 11.8 Å². The predicted octanol–water partition coefficient (Wildman–Crippen LogP) is 4.89. The van der Waals surface area contributed by atoms with Gasteiger partial charge in [-0.1, -0.05) is 27.2 Å². The quantitative estimate of drug-likeness (QED) is 0.744. The molecular formula is C19H24F2N2. The first-order valence-corrected chi connectivity index (χ1v) is 7.90. The maximum absolute atomic E-state index is 13.5. The Balaban J connectivity index is 2.18. The number of hydrogen-bond acceptors (Lipinski definition) is 2. The average Bonchev–Trinajstić information content (AvgIpc) is 2.46. The molecule has 0 aromatic heterocycles. The minimum absolute atomic E-state index is 0.409. The number of aryl methyl sites for hydroxylation is 1. The highest BCUT2D eigenvalue weighted by atomic mass is 19.1. The Morgan fingerprint density at radius 2 is 1.70 bits per heavy atom. The molecule has 0 aliphatic carbocycles. The van der Waals surface area contributed by atoms with Crippen LogP contribution in [0, 0.1) is 11.6 Å². The lowest BCUT2D eigenvalue weighted by Gasteiger charge is -2.27. The summed E-state index contributed by atoms with van der Waals surface area (Å²) in [4.78, 5) is 0. The fourth-order valence-corrected chi connectivity index (χ4v) is 2.63. The van der Waals surface area contributed by atoms with Crippen molar-refractivity contribution in [2.45, 2.75) is 39.0 Å². The van der Waals surface area contributed by atoms with Gasteiger partial charge < -0.3 is 11.1 Å². The lowest BCUT2D eigenvalue weighted by molar-refractivity contribution is 0.528. The van der Waals surface area contributed by atoms with Crippen molar-refractivity contribution in [3.63, 3.8) is 0 Å². The summed E-state index contributed by atoms with van der Waals surface area (Å²) >= 11 is 0. The number of halogens is 2. The molecule has 0 spiro atoms. The van der Waals surface area contributed by atoms with Crippen LogP contribution in [0.1, 0.15) is 38.3 Å². The van der Waals surface area contributed by atoms with Gasteiger partial charge in [0.05, 0.1) is 0 Å². The van der Waals surface area contributed by atoms with E-state index >= 15 is 0 Å². The molecule has 0 bridgehead atoms. The Morgan fingerprint density at radius 3 is 2.30 bits per heavy atom. The number of nitrogens with one attached hydrogen (secondary N) is 1. The zero-order valence-electron chi connectivity index (χ0n) is 13.9. The topological polar surface area (TPSA) is 38.0 Å². The van der Waals surface area contributed by atoms with Crippen molar-refractivity contribution < 1.29 is 8.78 Å². The van der Waals surface area contributed by atoms with Crippen molar-refractivity contribution in [1.82, 2.24) is 0 Å². The highest BCUT2D eigenvalue weighted by Crippen LogP contribution is 2.27. The van der Waals surface area contributed by atoms with Crippen LogP contribution in [0.25, 0.3) is 0 Å². The molecule has 0 aliphatic rings. The number of anilines is 2. The Kier molecular flexibility index (Phi) is 5.24. The second-order valence-corrected chi connectivity index (χ2v) is 6.56. The van der Waals surface area contributed by atoms with E-state index in [4.69, 9.17) is 5.73 Å². The van der Waals surface area contributed by atoms with Gasteiger partial charge in [-0.3, -0.25) is 0 Å². The van der Waals surface area contributed by atoms with Gasteiger partial charge in [0.1, 0.15) is 11.6 Å². The second-order valence-electron chi connectivity index (χ2n) is 6.56. The molecule has 2 rings (SSSR count). The third-order valence-electron chi connectivity index (χ3n) is 4.01. The Labute approximate surface area is 136 Å². The fourth-order valence-electron chi connectivity index (χ4n) is 2.63. The largest absolute Gasteiger partial charge is 0.399 e. The predicted molar refractivity (Wildman–Crippen MR) is 92.7 cm³/mol. The third-order valence-corrected chi connectivity index (χ3v) is 4.01. The van der Waals surface area contributed by atoms with E-state index < -0.39 is 17.0 Å². The first-order valence-electron chi connectivity index (χ1n) is 7.90. The maximum Gasteiger partial charge on any atom is 0.126 e. The van der Waals surface area contributed by atoms with Crippen LogP contribution in [0.3, 0.4) is 0 Å². The van der Waals surface area contributed by atoms with Crippen molar-refractivity contribution in [1.29, 1.82) is 0 Å². The van der Waals surface area contributed by atoms with Crippen molar-refractivity contribution >= 4 is 11.4 Å². The van der Waals surface area contributed by atoms with Crippen LogP contribution in [0.5, 0.6) is 0 Å². The molecule has 0 radical (unpaired) electrons. The average molecular weight is 318 g/mol. The van der Waals surface area contributed by atoms with Crippen LogP contribution in [-0.4, -0.2) is 6.54 Å². The molecule has 0 atom stereocenters. The molecule has 23 heavy (non-hydrogen) atoms. The monoisotopic (exact) mass is 318 g/mol. The molecule has 124 valence electrons. The molecule has 0 saturated carbocycles. The zero-order valence-corrected chi connectivity index (χ0v) is 13.9. The molecule has 0 fully saturated rings. The molecule has 2 aromatic rings. The van der Waals surface area contributed by atoms with E-state index in [-0.39, 0.29) is 0 Å². The molecule has 2 aromatic carbocycles. The molecule has 3 N–H and O–H groups in total. The van der Waals surface area contributed by atoms with Gasteiger partial charge >= 0.3 is 0 Å². The summed E-state index contributed by atoms with van der Waals surface area (Å²) in [6.45, 7) is 6.61. The molecule has 0 amide bonds. The van der Waals surface area contributed by atoms with Gasteiger partial charge in [-0.2, -0.15) is 0 Å². The number of rotatable bonds is 6. The second kappa shape index (κ2) is 6.99. The summed E-state index contributed by atoms with van der Waals surface area (Å²) < 4.78 is 26.9. The number of nitrogen functional groups attached to an aromatic ring is 1.